The molecule has 0 saturated carbocycles. The number of nitrogens with one attached hydrogen (secondary N) is 2. The van der Waals surface area contributed by atoms with Crippen LogP contribution in [0.3, 0.4) is 0 Å². The molecule has 1 aliphatic rings. The molecule has 4 rings (SSSR count). The van der Waals surface area contributed by atoms with E-state index in [-0.39, 0.29) is 10.7 Å². The molecule has 1 saturated heterocycles. The Kier molecular flexibility index (Phi) is 7.97. The molecule has 35 heavy (non-hydrogen) atoms. The maximum atomic E-state index is 12.9. The second-order valence-electron chi connectivity index (χ2n) is 7.38. The largest absolute Gasteiger partial charge is 0.497 e. The van der Waals surface area contributed by atoms with Crippen LogP contribution in [-0.4, -0.2) is 28.3 Å². The van der Waals surface area contributed by atoms with Crippen LogP contribution < -0.4 is 15.5 Å². The summed E-state index contributed by atoms with van der Waals surface area (Å²) in [4.78, 5) is 26.1. The average molecular weight is 544 g/mol. The zero-order chi connectivity index (χ0) is 24.9. The second-order valence-corrected chi connectivity index (χ2v) is 9.87. The van der Waals surface area contributed by atoms with Gasteiger partial charge in [-0.25, -0.2) is 0 Å². The number of amides is 2. The summed E-state index contributed by atoms with van der Waals surface area (Å²) in [5.41, 5.74) is 5.34. The number of carbonyl (C=O) groups is 2. The van der Waals surface area contributed by atoms with Crippen molar-refractivity contribution >= 4 is 80.8 Å². The molecule has 0 unspecified atom stereocenters. The van der Waals surface area contributed by atoms with E-state index < -0.39 is 11.8 Å². The van der Waals surface area contributed by atoms with E-state index in [1.54, 1.807) is 49.6 Å². The lowest BCUT2D eigenvalue weighted by molar-refractivity contribution is -0.132. The Morgan fingerprint density at radius 3 is 2.43 bits per heavy atom. The van der Waals surface area contributed by atoms with Crippen LogP contribution in [0, 0.1) is 0 Å². The Hall–Kier alpha value is -3.04. The third-order valence-corrected chi connectivity index (χ3v) is 6.97. The molecule has 0 radical (unpaired) electrons. The van der Waals surface area contributed by atoms with Crippen LogP contribution in [0.1, 0.15) is 11.1 Å². The Morgan fingerprint density at radius 2 is 1.74 bits per heavy atom. The molecule has 6 nitrogen and oxygen atoms in total. The summed E-state index contributed by atoms with van der Waals surface area (Å²) < 4.78 is 5.40. The van der Waals surface area contributed by atoms with Gasteiger partial charge in [-0.15, -0.1) is 0 Å². The molecule has 10 heteroatoms. The number of hydrogen-bond donors (Lipinski definition) is 2. The molecular weight excluding hydrogens is 525 g/mol. The first-order valence-electron chi connectivity index (χ1n) is 10.4. The number of hydrogen-bond acceptors (Lipinski definition) is 6. The molecule has 2 amide bonds. The van der Waals surface area contributed by atoms with Crippen molar-refractivity contribution in [1.29, 1.82) is 0 Å². The van der Waals surface area contributed by atoms with Crippen LogP contribution in [0.15, 0.2) is 71.6 Å². The van der Waals surface area contributed by atoms with Crippen molar-refractivity contribution in [3.8, 4) is 5.75 Å². The molecular formula is C25H19Cl2N3O3S2. The first-order chi connectivity index (χ1) is 16.9. The Bertz CT molecular complexity index is 1310. The summed E-state index contributed by atoms with van der Waals surface area (Å²) in [6, 6.07) is 19.7. The molecule has 0 aromatic heterocycles. The van der Waals surface area contributed by atoms with Crippen LogP contribution in [0.25, 0.3) is 6.08 Å². The van der Waals surface area contributed by atoms with E-state index in [2.05, 4.69) is 10.7 Å². The summed E-state index contributed by atoms with van der Waals surface area (Å²) in [5, 5.41) is 5.20. The number of anilines is 2. The highest BCUT2D eigenvalue weighted by molar-refractivity contribution is 8.26. The predicted molar refractivity (Wildman–Crippen MR) is 146 cm³/mol. The molecule has 0 bridgehead atoms. The maximum Gasteiger partial charge on any atom is 0.285 e. The minimum absolute atomic E-state index is 0.000166. The second kappa shape index (κ2) is 11.1. The van der Waals surface area contributed by atoms with Gasteiger partial charge in [0, 0.05) is 5.69 Å². The standard InChI is InChI=1S/C25H19Cl2N3O3S2/c1-33-17-11-9-15(10-12-17)13-21-24(32)30(25(34)35-21)29-22(31)14-16-5-2-3-8-20(16)28-23-18(26)6-4-7-19(23)27/h2-13,28H,14H2,1H3,(H,29,31)/b21-13-. The van der Waals surface area contributed by atoms with Gasteiger partial charge in [0.1, 0.15) is 5.75 Å². The van der Waals surface area contributed by atoms with E-state index >= 15 is 0 Å². The number of halogens is 2. The molecule has 3 aromatic carbocycles. The highest BCUT2D eigenvalue weighted by atomic mass is 35.5. The first-order valence-corrected chi connectivity index (χ1v) is 12.3. The minimum atomic E-state index is -0.397. The van der Waals surface area contributed by atoms with Gasteiger partial charge in [0.2, 0.25) is 5.91 Å². The molecule has 3 aromatic rings. The third kappa shape index (κ3) is 5.97. The quantitative estimate of drug-likeness (QED) is 0.272. The predicted octanol–water partition coefficient (Wildman–Crippen LogP) is 6.22. The van der Waals surface area contributed by atoms with Crippen LogP contribution in [0.5, 0.6) is 5.75 Å². The molecule has 1 aliphatic heterocycles. The van der Waals surface area contributed by atoms with Crippen molar-refractivity contribution in [3.05, 3.63) is 92.8 Å². The van der Waals surface area contributed by atoms with Crippen LogP contribution in [-0.2, 0) is 16.0 Å². The van der Waals surface area contributed by atoms with E-state index in [0.717, 1.165) is 22.3 Å². The maximum absolute atomic E-state index is 12.9. The van der Waals surface area contributed by atoms with E-state index in [9.17, 15) is 9.59 Å². The van der Waals surface area contributed by atoms with Gasteiger partial charge < -0.3 is 10.1 Å². The number of para-hydroxylation sites is 2. The summed E-state index contributed by atoms with van der Waals surface area (Å²) in [7, 11) is 1.59. The Morgan fingerprint density at radius 1 is 1.06 bits per heavy atom. The van der Waals surface area contributed by atoms with E-state index in [0.29, 0.717) is 37.6 Å². The van der Waals surface area contributed by atoms with E-state index in [1.165, 1.54) is 0 Å². The topological polar surface area (TPSA) is 70.7 Å². The van der Waals surface area contributed by atoms with Crippen molar-refractivity contribution in [1.82, 2.24) is 10.4 Å². The van der Waals surface area contributed by atoms with E-state index in [4.69, 9.17) is 40.2 Å². The van der Waals surface area contributed by atoms with Gasteiger partial charge >= 0.3 is 0 Å². The van der Waals surface area contributed by atoms with Crippen LogP contribution in [0.4, 0.5) is 11.4 Å². The van der Waals surface area contributed by atoms with Gasteiger partial charge in [-0.1, -0.05) is 71.4 Å². The van der Waals surface area contributed by atoms with Gasteiger partial charge in [0.15, 0.2) is 4.32 Å². The van der Waals surface area contributed by atoms with Gasteiger partial charge in [0.05, 0.1) is 34.2 Å². The average Bonchev–Trinajstić information content (AvgIpc) is 3.10. The van der Waals surface area contributed by atoms with Crippen molar-refractivity contribution in [2.45, 2.75) is 6.42 Å². The first kappa shape index (κ1) is 25.1. The fourth-order valence-corrected chi connectivity index (χ4v) is 4.97. The van der Waals surface area contributed by atoms with Crippen molar-refractivity contribution in [2.75, 3.05) is 12.4 Å². The molecule has 1 fully saturated rings. The van der Waals surface area contributed by atoms with Crippen LogP contribution >= 0.6 is 47.2 Å². The molecule has 0 aliphatic carbocycles. The van der Waals surface area contributed by atoms with Gasteiger partial charge in [-0.3, -0.25) is 15.0 Å². The molecule has 0 atom stereocenters. The number of thioether (sulfide) groups is 1. The normalized spacial score (nSPS) is 14.4. The number of thiocarbonyl (C=S) groups is 1. The molecule has 2 N–H and O–H groups in total. The van der Waals surface area contributed by atoms with Crippen molar-refractivity contribution in [3.63, 3.8) is 0 Å². The minimum Gasteiger partial charge on any atom is -0.497 e. The molecule has 178 valence electrons. The summed E-state index contributed by atoms with van der Waals surface area (Å²) in [6.07, 6.45) is 1.72. The van der Waals surface area contributed by atoms with Gasteiger partial charge in [-0.05, 0) is 59.8 Å². The smallest absolute Gasteiger partial charge is 0.285 e. The highest BCUT2D eigenvalue weighted by Crippen LogP contribution is 2.34. The van der Waals surface area contributed by atoms with E-state index in [1.807, 2.05) is 30.3 Å². The zero-order valence-electron chi connectivity index (χ0n) is 18.4. The SMILES string of the molecule is COc1ccc(/C=C2\SC(=S)N(NC(=O)Cc3ccccc3Nc3c(Cl)cccc3Cl)C2=O)cc1. The third-order valence-electron chi connectivity index (χ3n) is 5.03. The number of rotatable bonds is 7. The number of carbonyl (C=O) groups excluding carboxylic acids is 2. The number of methoxy groups -OCH3 is 1. The summed E-state index contributed by atoms with van der Waals surface area (Å²) in [5.74, 6) is -0.0709. The summed E-state index contributed by atoms with van der Waals surface area (Å²) in [6.45, 7) is 0. The number of hydrazine groups is 1. The van der Waals surface area contributed by atoms with Crippen LogP contribution in [0.2, 0.25) is 10.0 Å². The molecule has 0 spiro atoms. The fourth-order valence-electron chi connectivity index (χ4n) is 3.30. The Balaban J connectivity index is 1.46. The van der Waals surface area contributed by atoms with Gasteiger partial charge in [-0.2, -0.15) is 5.01 Å². The zero-order valence-corrected chi connectivity index (χ0v) is 21.5. The highest BCUT2D eigenvalue weighted by Gasteiger charge is 2.33. The number of ether oxygens (including phenoxy) is 1. The number of nitrogens with zero attached hydrogens (tertiary/aromatic N) is 1. The Labute approximate surface area is 222 Å². The fraction of sp³-hybridized carbons (Fsp3) is 0.0800. The van der Waals surface area contributed by atoms with Crippen molar-refractivity contribution < 1.29 is 14.3 Å². The lowest BCUT2D eigenvalue weighted by atomic mass is 10.1. The lowest BCUT2D eigenvalue weighted by Gasteiger charge is -2.17. The van der Waals surface area contributed by atoms with Gasteiger partial charge in [0.25, 0.3) is 5.91 Å². The van der Waals surface area contributed by atoms with Crippen molar-refractivity contribution in [2.24, 2.45) is 0 Å². The molecule has 1 heterocycles. The monoisotopic (exact) mass is 543 g/mol. The summed E-state index contributed by atoms with van der Waals surface area (Å²) >= 11 is 19.0. The number of benzene rings is 3. The lowest BCUT2D eigenvalue weighted by Crippen LogP contribution is -2.45.